The van der Waals surface area contributed by atoms with Crippen LogP contribution in [0.15, 0.2) is 168 Å². The summed E-state index contributed by atoms with van der Waals surface area (Å²) in [5.74, 6) is 1.58. The Bertz CT molecular complexity index is 2510. The molecule has 0 atom stereocenters. The number of benzene rings is 7. The highest BCUT2D eigenvalue weighted by molar-refractivity contribution is 6.09. The molecule has 0 N–H and O–H groups in total. The molecule has 0 unspecified atom stereocenters. The molecule has 7 aromatic carbocycles. The summed E-state index contributed by atoms with van der Waals surface area (Å²) >= 11 is 0. The summed E-state index contributed by atoms with van der Waals surface area (Å²) in [4.78, 5) is 0. The molecule has 216 valence electrons. The summed E-state index contributed by atoms with van der Waals surface area (Å²) in [6.07, 6.45) is 0. The second kappa shape index (κ2) is 10.7. The van der Waals surface area contributed by atoms with E-state index in [2.05, 4.69) is 138 Å². The Kier molecular flexibility index (Phi) is 6.10. The molecular weight excluding hydrogens is 562 g/mol. The van der Waals surface area contributed by atoms with Crippen LogP contribution in [-0.2, 0) is 0 Å². The Balaban J connectivity index is 1.12. The van der Waals surface area contributed by atoms with Crippen molar-refractivity contribution in [3.8, 4) is 50.7 Å². The molecule has 4 heteroatoms. The molecule has 0 saturated carbocycles. The second-order valence-corrected chi connectivity index (χ2v) is 11.5. The van der Waals surface area contributed by atoms with Crippen LogP contribution in [0.25, 0.3) is 83.4 Å². The van der Waals surface area contributed by atoms with E-state index in [0.29, 0.717) is 0 Å². The molecule has 4 nitrogen and oxygen atoms in total. The molecule has 0 saturated heterocycles. The van der Waals surface area contributed by atoms with Gasteiger partial charge in [0.2, 0.25) is 0 Å². The fourth-order valence-electron chi connectivity index (χ4n) is 6.44. The molecule has 0 amide bonds. The van der Waals surface area contributed by atoms with Gasteiger partial charge in [-0.05, 0) is 51.7 Å². The van der Waals surface area contributed by atoms with Crippen LogP contribution in [-0.4, -0.2) is 14.8 Å². The quantitative estimate of drug-likeness (QED) is 0.201. The van der Waals surface area contributed by atoms with Crippen LogP contribution >= 0.6 is 0 Å². The van der Waals surface area contributed by atoms with Gasteiger partial charge in [-0.25, -0.2) is 0 Å². The average Bonchev–Trinajstić information content (AvgIpc) is 3.75. The molecule has 2 aromatic heterocycles. The van der Waals surface area contributed by atoms with Crippen LogP contribution < -0.4 is 0 Å². The molecule has 46 heavy (non-hydrogen) atoms. The number of rotatable bonds is 5. The Labute approximate surface area is 265 Å². The van der Waals surface area contributed by atoms with Crippen molar-refractivity contribution in [1.29, 1.82) is 0 Å². The predicted octanol–water partition coefficient (Wildman–Crippen LogP) is 11.0. The second-order valence-electron chi connectivity index (χ2n) is 11.5. The monoisotopic (exact) mass is 589 g/mol. The minimum atomic E-state index is 0.783. The molecule has 9 aromatic rings. The normalized spacial score (nSPS) is 11.5. The van der Waals surface area contributed by atoms with Crippen LogP contribution in [0.4, 0.5) is 0 Å². The maximum Gasteiger partial charge on any atom is 0.168 e. The van der Waals surface area contributed by atoms with Crippen LogP contribution in [0.3, 0.4) is 0 Å². The van der Waals surface area contributed by atoms with Gasteiger partial charge in [0.25, 0.3) is 0 Å². The summed E-state index contributed by atoms with van der Waals surface area (Å²) in [7, 11) is 0. The van der Waals surface area contributed by atoms with E-state index < -0.39 is 0 Å². The molecule has 2 heterocycles. The van der Waals surface area contributed by atoms with Crippen molar-refractivity contribution in [3.63, 3.8) is 0 Å². The van der Waals surface area contributed by atoms with Crippen LogP contribution in [0.1, 0.15) is 0 Å². The standard InChI is InChI=1S/C42H27N3O/c1-2-10-31(11-3-1)41-43-44-42(45(41)35-25-23-29(24-26-35)34-22-17-28-9-4-5-12-33(28)27-34)32-20-18-30(19-21-32)36-14-8-15-38-37-13-6-7-16-39(37)46-40(36)38/h1-27H. The number of furan rings is 1. The number of hydrogen-bond acceptors (Lipinski definition) is 3. The van der Waals surface area contributed by atoms with Crippen molar-refractivity contribution < 1.29 is 4.42 Å². The van der Waals surface area contributed by atoms with Crippen molar-refractivity contribution >= 4 is 32.7 Å². The summed E-state index contributed by atoms with van der Waals surface area (Å²) in [6.45, 7) is 0. The average molecular weight is 590 g/mol. The zero-order valence-corrected chi connectivity index (χ0v) is 24.8. The van der Waals surface area contributed by atoms with Crippen molar-refractivity contribution in [3.05, 3.63) is 164 Å². The van der Waals surface area contributed by atoms with Crippen LogP contribution in [0, 0.1) is 0 Å². The number of fused-ring (bicyclic) bond motifs is 4. The molecule has 0 aliphatic rings. The Hall–Kier alpha value is -6.26. The van der Waals surface area contributed by atoms with Gasteiger partial charge in [0.15, 0.2) is 11.6 Å². The van der Waals surface area contributed by atoms with E-state index in [1.54, 1.807) is 0 Å². The minimum Gasteiger partial charge on any atom is -0.455 e. The third kappa shape index (κ3) is 4.39. The third-order valence-electron chi connectivity index (χ3n) is 8.76. The van der Waals surface area contributed by atoms with Gasteiger partial charge in [-0.3, -0.25) is 4.57 Å². The minimum absolute atomic E-state index is 0.783. The molecule has 0 radical (unpaired) electrons. The zero-order valence-electron chi connectivity index (χ0n) is 24.8. The first-order valence-electron chi connectivity index (χ1n) is 15.4. The van der Waals surface area contributed by atoms with Crippen LogP contribution in [0.5, 0.6) is 0 Å². The fourth-order valence-corrected chi connectivity index (χ4v) is 6.44. The highest BCUT2D eigenvalue weighted by atomic mass is 16.3. The number of hydrogen-bond donors (Lipinski definition) is 0. The zero-order chi connectivity index (χ0) is 30.5. The number of para-hydroxylation sites is 2. The van der Waals surface area contributed by atoms with Gasteiger partial charge in [0, 0.05) is 33.2 Å². The van der Waals surface area contributed by atoms with E-state index in [1.165, 1.54) is 16.3 Å². The van der Waals surface area contributed by atoms with E-state index in [0.717, 1.165) is 67.1 Å². The van der Waals surface area contributed by atoms with Crippen molar-refractivity contribution in [2.45, 2.75) is 0 Å². The Morgan fingerprint density at radius 3 is 1.83 bits per heavy atom. The van der Waals surface area contributed by atoms with Gasteiger partial charge in [-0.2, -0.15) is 0 Å². The van der Waals surface area contributed by atoms with E-state index >= 15 is 0 Å². The highest BCUT2D eigenvalue weighted by Gasteiger charge is 2.18. The third-order valence-corrected chi connectivity index (χ3v) is 8.76. The summed E-state index contributed by atoms with van der Waals surface area (Å²) < 4.78 is 8.47. The maximum atomic E-state index is 6.32. The topological polar surface area (TPSA) is 43.9 Å². The summed E-state index contributed by atoms with van der Waals surface area (Å²) in [5.41, 5.74) is 9.29. The lowest BCUT2D eigenvalue weighted by molar-refractivity contribution is 0.670. The number of aromatic nitrogens is 3. The molecule has 0 aliphatic heterocycles. The van der Waals surface area contributed by atoms with Gasteiger partial charge in [0.1, 0.15) is 11.2 Å². The smallest absolute Gasteiger partial charge is 0.168 e. The molecule has 9 rings (SSSR count). The van der Waals surface area contributed by atoms with E-state index in [1.807, 2.05) is 30.3 Å². The lowest BCUT2D eigenvalue weighted by Crippen LogP contribution is -2.00. The fraction of sp³-hybridized carbons (Fsp3) is 0. The maximum absolute atomic E-state index is 6.32. The van der Waals surface area contributed by atoms with Crippen molar-refractivity contribution in [2.24, 2.45) is 0 Å². The molecule has 0 fully saturated rings. The summed E-state index contributed by atoms with van der Waals surface area (Å²) in [6, 6.07) is 57.0. The predicted molar refractivity (Wildman–Crippen MR) is 188 cm³/mol. The molecule has 0 aliphatic carbocycles. The van der Waals surface area contributed by atoms with Crippen LogP contribution in [0.2, 0.25) is 0 Å². The lowest BCUT2D eigenvalue weighted by atomic mass is 10.0. The van der Waals surface area contributed by atoms with Gasteiger partial charge in [0.05, 0.1) is 0 Å². The Morgan fingerprint density at radius 2 is 1.02 bits per heavy atom. The lowest BCUT2D eigenvalue weighted by Gasteiger charge is -2.13. The SMILES string of the molecule is c1ccc(-c2nnc(-c3ccc(-c4cccc5c4oc4ccccc45)cc3)n2-c2ccc(-c3ccc4ccccc4c3)cc2)cc1. The van der Waals surface area contributed by atoms with Crippen molar-refractivity contribution in [1.82, 2.24) is 14.8 Å². The first kappa shape index (κ1) is 26.2. The van der Waals surface area contributed by atoms with Gasteiger partial charge in [-0.15, -0.1) is 10.2 Å². The van der Waals surface area contributed by atoms with E-state index in [4.69, 9.17) is 14.6 Å². The first-order chi connectivity index (χ1) is 22.8. The van der Waals surface area contributed by atoms with Gasteiger partial charge < -0.3 is 4.42 Å². The number of nitrogens with zero attached hydrogens (tertiary/aromatic N) is 3. The highest BCUT2D eigenvalue weighted by Crippen LogP contribution is 2.37. The summed E-state index contributed by atoms with van der Waals surface area (Å²) in [5, 5.41) is 14.2. The molecule has 0 spiro atoms. The van der Waals surface area contributed by atoms with Crippen molar-refractivity contribution in [2.75, 3.05) is 0 Å². The van der Waals surface area contributed by atoms with E-state index in [-0.39, 0.29) is 0 Å². The molecular formula is C42H27N3O. The van der Waals surface area contributed by atoms with Gasteiger partial charge >= 0.3 is 0 Å². The largest absolute Gasteiger partial charge is 0.455 e. The molecule has 0 bridgehead atoms. The Morgan fingerprint density at radius 1 is 0.413 bits per heavy atom. The first-order valence-corrected chi connectivity index (χ1v) is 15.4. The van der Waals surface area contributed by atoms with Gasteiger partial charge in [-0.1, -0.05) is 140 Å². The van der Waals surface area contributed by atoms with E-state index in [9.17, 15) is 0 Å².